The number of hydrogen-bond acceptors (Lipinski definition) is 5. The number of aliphatic hydroxyl groups excluding tert-OH is 1. The van der Waals surface area contributed by atoms with Crippen LogP contribution in [0.5, 0.6) is 11.8 Å². The highest BCUT2D eigenvalue weighted by Crippen LogP contribution is 2.33. The molecule has 4 aromatic rings. The minimum absolute atomic E-state index is 0.0648. The molecule has 4 rings (SSSR count). The Morgan fingerprint density at radius 2 is 1.79 bits per heavy atom. The number of benzene rings is 2. The number of aromatic nitrogens is 4. The molecule has 0 unspecified atom stereocenters. The fourth-order valence-electron chi connectivity index (χ4n) is 2.97. The van der Waals surface area contributed by atoms with Crippen LogP contribution in [0.2, 0.25) is 0 Å². The molecule has 0 fully saturated rings. The molecule has 0 bridgehead atoms. The first-order chi connectivity index (χ1) is 14.2. The molecule has 0 aliphatic heterocycles. The molecule has 0 aliphatic carbocycles. The molecule has 7 heteroatoms. The molecule has 1 atom stereocenters. The Bertz CT molecular complexity index is 1100. The normalized spacial score (nSPS) is 12.0. The van der Waals surface area contributed by atoms with Gasteiger partial charge < -0.3 is 14.4 Å². The Morgan fingerprint density at radius 3 is 2.52 bits per heavy atom. The van der Waals surface area contributed by atoms with E-state index >= 15 is 0 Å². The van der Waals surface area contributed by atoms with Gasteiger partial charge in [0.2, 0.25) is 0 Å². The predicted molar refractivity (Wildman–Crippen MR) is 107 cm³/mol. The first kappa shape index (κ1) is 18.8. The van der Waals surface area contributed by atoms with Crippen molar-refractivity contribution < 1.29 is 14.2 Å². The van der Waals surface area contributed by atoms with Crippen LogP contribution in [0, 0.1) is 5.82 Å². The van der Waals surface area contributed by atoms with Crippen molar-refractivity contribution in [3.05, 3.63) is 79.0 Å². The molecule has 0 aliphatic rings. The molecule has 0 saturated carbocycles. The van der Waals surface area contributed by atoms with Crippen molar-refractivity contribution in [2.75, 3.05) is 6.61 Å². The van der Waals surface area contributed by atoms with Crippen molar-refractivity contribution in [2.24, 2.45) is 0 Å². The molecule has 146 valence electrons. The summed E-state index contributed by atoms with van der Waals surface area (Å²) in [5.74, 6) is 0.305. The Morgan fingerprint density at radius 1 is 1.03 bits per heavy atom. The quantitative estimate of drug-likeness (QED) is 0.525. The lowest BCUT2D eigenvalue weighted by Crippen LogP contribution is -2.10. The molecule has 0 radical (unpaired) electrons. The highest BCUT2D eigenvalue weighted by molar-refractivity contribution is 5.77. The first-order valence-electron chi connectivity index (χ1n) is 9.15. The van der Waals surface area contributed by atoms with Crippen LogP contribution < -0.4 is 4.74 Å². The van der Waals surface area contributed by atoms with Crippen molar-refractivity contribution in [2.45, 2.75) is 13.0 Å². The van der Waals surface area contributed by atoms with E-state index in [9.17, 15) is 9.50 Å². The smallest absolute Gasteiger partial charge is 0.322 e. The summed E-state index contributed by atoms with van der Waals surface area (Å²) in [5, 5.41) is 9.67. The number of imidazole rings is 1. The van der Waals surface area contributed by atoms with Crippen molar-refractivity contribution in [3.63, 3.8) is 0 Å². The van der Waals surface area contributed by atoms with E-state index in [0.29, 0.717) is 22.8 Å². The van der Waals surface area contributed by atoms with Gasteiger partial charge in [-0.1, -0.05) is 18.2 Å². The van der Waals surface area contributed by atoms with Gasteiger partial charge in [-0.05, 0) is 49.4 Å². The van der Waals surface area contributed by atoms with Crippen molar-refractivity contribution >= 4 is 0 Å². The Kier molecular flexibility index (Phi) is 5.31. The predicted octanol–water partition coefficient (Wildman–Crippen LogP) is 4.49. The first-order valence-corrected chi connectivity index (χ1v) is 9.15. The summed E-state index contributed by atoms with van der Waals surface area (Å²) >= 11 is 0. The van der Waals surface area contributed by atoms with Crippen LogP contribution in [-0.2, 0) is 0 Å². The third-order valence-electron chi connectivity index (χ3n) is 4.48. The summed E-state index contributed by atoms with van der Waals surface area (Å²) in [6.07, 6.45) is 3.25. The van der Waals surface area contributed by atoms with E-state index in [-0.39, 0.29) is 24.5 Å². The van der Waals surface area contributed by atoms with Crippen LogP contribution >= 0.6 is 0 Å². The van der Waals surface area contributed by atoms with Crippen molar-refractivity contribution in [3.8, 4) is 34.4 Å². The van der Waals surface area contributed by atoms with E-state index in [2.05, 4.69) is 15.0 Å². The Balaban J connectivity index is 1.79. The van der Waals surface area contributed by atoms with Gasteiger partial charge in [-0.25, -0.2) is 14.4 Å². The lowest BCUT2D eigenvalue weighted by atomic mass is 10.1. The monoisotopic (exact) mass is 390 g/mol. The summed E-state index contributed by atoms with van der Waals surface area (Å²) in [5.41, 5.74) is 2.66. The van der Waals surface area contributed by atoms with E-state index < -0.39 is 0 Å². The number of aliphatic hydroxyl groups is 1. The molecule has 2 heterocycles. The van der Waals surface area contributed by atoms with E-state index in [1.807, 2.05) is 41.8 Å². The van der Waals surface area contributed by atoms with E-state index in [4.69, 9.17) is 4.74 Å². The van der Waals surface area contributed by atoms with Crippen LogP contribution in [0.15, 0.2) is 73.2 Å². The molecule has 29 heavy (non-hydrogen) atoms. The second-order valence-electron chi connectivity index (χ2n) is 6.53. The second kappa shape index (κ2) is 8.20. The topological polar surface area (TPSA) is 73.1 Å². The number of nitrogens with zero attached hydrogens (tertiary/aromatic N) is 4. The third kappa shape index (κ3) is 4.00. The molecule has 0 spiro atoms. The Hall–Kier alpha value is -3.58. The fourth-order valence-corrected chi connectivity index (χ4v) is 2.97. The van der Waals surface area contributed by atoms with Crippen LogP contribution in [-0.4, -0.2) is 31.2 Å². The van der Waals surface area contributed by atoms with Crippen LogP contribution in [0.3, 0.4) is 0 Å². The standard InChI is InChI=1S/C22H19FN4O2/c1-15(13-28)27-14-25-20(16-7-9-17(23)10-8-16)21(27)19-11-12-24-22(26-19)29-18-5-3-2-4-6-18/h2-12,14-15,28H,13H2,1H3/t15-/m0/s1. The SMILES string of the molecule is C[C@@H](CO)n1cnc(-c2ccc(F)cc2)c1-c1ccnc(Oc2ccccc2)n1. The van der Waals surface area contributed by atoms with Gasteiger partial charge in [-0.3, -0.25) is 0 Å². The zero-order valence-electron chi connectivity index (χ0n) is 15.7. The van der Waals surface area contributed by atoms with Gasteiger partial charge in [-0.2, -0.15) is 4.98 Å². The number of para-hydroxylation sites is 1. The van der Waals surface area contributed by atoms with E-state index in [0.717, 1.165) is 5.56 Å². The third-order valence-corrected chi connectivity index (χ3v) is 4.48. The zero-order valence-corrected chi connectivity index (χ0v) is 15.7. The van der Waals surface area contributed by atoms with Gasteiger partial charge in [0, 0.05) is 11.8 Å². The molecular formula is C22H19FN4O2. The highest BCUT2D eigenvalue weighted by atomic mass is 19.1. The molecule has 1 N–H and O–H groups in total. The summed E-state index contributed by atoms with van der Waals surface area (Å²) < 4.78 is 21.0. The van der Waals surface area contributed by atoms with Gasteiger partial charge in [0.05, 0.1) is 36.1 Å². The summed E-state index contributed by atoms with van der Waals surface area (Å²) in [6.45, 7) is 1.81. The molecule has 2 aromatic carbocycles. The maximum atomic E-state index is 13.4. The van der Waals surface area contributed by atoms with Gasteiger partial charge in [0.25, 0.3) is 0 Å². The maximum absolute atomic E-state index is 13.4. The van der Waals surface area contributed by atoms with Crippen molar-refractivity contribution in [1.29, 1.82) is 0 Å². The average molecular weight is 390 g/mol. The number of hydrogen-bond donors (Lipinski definition) is 1. The molecule has 6 nitrogen and oxygen atoms in total. The van der Waals surface area contributed by atoms with E-state index in [1.54, 1.807) is 30.7 Å². The molecule has 2 aromatic heterocycles. The second-order valence-corrected chi connectivity index (χ2v) is 6.53. The number of halogens is 1. The van der Waals surface area contributed by atoms with Gasteiger partial charge >= 0.3 is 6.01 Å². The van der Waals surface area contributed by atoms with Crippen LogP contribution in [0.25, 0.3) is 22.6 Å². The largest absolute Gasteiger partial charge is 0.424 e. The minimum Gasteiger partial charge on any atom is -0.424 e. The number of ether oxygens (including phenoxy) is 1. The molecule has 0 amide bonds. The average Bonchev–Trinajstić information content (AvgIpc) is 3.20. The van der Waals surface area contributed by atoms with Crippen LogP contribution in [0.1, 0.15) is 13.0 Å². The maximum Gasteiger partial charge on any atom is 0.322 e. The molecule has 0 saturated heterocycles. The Labute approximate surface area is 167 Å². The fraction of sp³-hybridized carbons (Fsp3) is 0.136. The lowest BCUT2D eigenvalue weighted by Gasteiger charge is -2.15. The van der Waals surface area contributed by atoms with Crippen LogP contribution in [0.4, 0.5) is 4.39 Å². The molecular weight excluding hydrogens is 371 g/mol. The summed E-state index contributed by atoms with van der Waals surface area (Å²) in [6, 6.07) is 17.1. The van der Waals surface area contributed by atoms with Gasteiger partial charge in [-0.15, -0.1) is 0 Å². The zero-order chi connectivity index (χ0) is 20.2. The number of rotatable bonds is 6. The van der Waals surface area contributed by atoms with Crippen molar-refractivity contribution in [1.82, 2.24) is 19.5 Å². The van der Waals surface area contributed by atoms with Gasteiger partial charge in [0.15, 0.2) is 0 Å². The summed E-state index contributed by atoms with van der Waals surface area (Å²) in [7, 11) is 0. The lowest BCUT2D eigenvalue weighted by molar-refractivity contribution is 0.239. The van der Waals surface area contributed by atoms with Gasteiger partial charge in [0.1, 0.15) is 11.6 Å². The van der Waals surface area contributed by atoms with E-state index in [1.165, 1.54) is 12.1 Å². The highest BCUT2D eigenvalue weighted by Gasteiger charge is 2.20. The minimum atomic E-state index is -0.320. The summed E-state index contributed by atoms with van der Waals surface area (Å²) in [4.78, 5) is 13.2.